The minimum atomic E-state index is -0.326. The minimum Gasteiger partial charge on any atom is -0.389 e. The van der Waals surface area contributed by atoms with Gasteiger partial charge in [0.1, 0.15) is 16.7 Å². The van der Waals surface area contributed by atoms with E-state index in [0.29, 0.717) is 25.6 Å². The van der Waals surface area contributed by atoms with Crippen molar-refractivity contribution in [1.29, 1.82) is 0 Å². The summed E-state index contributed by atoms with van der Waals surface area (Å²) >= 11 is 6.86. The first-order valence-electron chi connectivity index (χ1n) is 12.6. The number of anilines is 2. The second-order valence-electron chi connectivity index (χ2n) is 10.4. The van der Waals surface area contributed by atoms with Crippen LogP contribution < -0.4 is 9.80 Å². The zero-order valence-corrected chi connectivity index (χ0v) is 21.5. The summed E-state index contributed by atoms with van der Waals surface area (Å²) in [6.07, 6.45) is 2.79. The van der Waals surface area contributed by atoms with Crippen molar-refractivity contribution in [2.24, 2.45) is 7.05 Å². The van der Waals surface area contributed by atoms with Gasteiger partial charge in [-0.25, -0.2) is 9.97 Å². The molecule has 186 valence electrons. The van der Waals surface area contributed by atoms with Crippen LogP contribution in [-0.2, 0) is 20.0 Å². The number of aliphatic hydroxyl groups excluding tert-OH is 1. The molecule has 0 amide bonds. The molecule has 0 radical (unpaired) electrons. The Hall–Kier alpha value is -3.17. The first-order chi connectivity index (χ1) is 17.4. The molecule has 2 aliphatic heterocycles. The smallest absolute Gasteiger partial charge is 0.162 e. The molecule has 3 aromatic heterocycles. The van der Waals surface area contributed by atoms with E-state index in [1.54, 1.807) is 0 Å². The highest BCUT2D eigenvalue weighted by molar-refractivity contribution is 6.33. The van der Waals surface area contributed by atoms with Gasteiger partial charge in [-0.15, -0.1) is 0 Å². The first kappa shape index (κ1) is 22.1. The Morgan fingerprint density at radius 3 is 2.67 bits per heavy atom. The lowest BCUT2D eigenvalue weighted by Crippen LogP contribution is -2.52. The van der Waals surface area contributed by atoms with Gasteiger partial charge < -0.3 is 14.9 Å². The summed E-state index contributed by atoms with van der Waals surface area (Å²) in [6.45, 7) is 6.74. The Balaban J connectivity index is 1.34. The normalized spacial score (nSPS) is 18.1. The van der Waals surface area contributed by atoms with Crippen LogP contribution in [0.5, 0.6) is 0 Å². The summed E-state index contributed by atoms with van der Waals surface area (Å²) in [4.78, 5) is 14.7. The predicted octanol–water partition coefficient (Wildman–Crippen LogP) is 3.64. The average molecular weight is 505 g/mol. The van der Waals surface area contributed by atoms with E-state index in [0.717, 1.165) is 80.1 Å². The third-order valence-corrected chi connectivity index (χ3v) is 8.16. The molecule has 9 nitrogen and oxygen atoms in total. The van der Waals surface area contributed by atoms with Crippen LogP contribution in [-0.4, -0.2) is 60.8 Å². The lowest BCUT2D eigenvalue weighted by molar-refractivity contribution is 0.141. The highest BCUT2D eigenvalue weighted by Crippen LogP contribution is 2.46. The number of rotatable bonds is 4. The predicted molar refractivity (Wildman–Crippen MR) is 140 cm³/mol. The fraction of sp³-hybridized carbons (Fsp3) is 0.462. The van der Waals surface area contributed by atoms with E-state index in [9.17, 15) is 5.11 Å². The molecule has 2 fully saturated rings. The van der Waals surface area contributed by atoms with E-state index in [4.69, 9.17) is 26.7 Å². The molecule has 2 N–H and O–H groups in total. The molecular formula is C26H29ClN8O. The maximum atomic E-state index is 10.1. The largest absolute Gasteiger partial charge is 0.389 e. The first-order valence-corrected chi connectivity index (χ1v) is 13.0. The summed E-state index contributed by atoms with van der Waals surface area (Å²) in [5.41, 5.74) is 7.26. The van der Waals surface area contributed by atoms with Crippen molar-refractivity contribution < 1.29 is 5.11 Å². The number of aromatic amines is 1. The molecule has 3 aliphatic rings. The number of aryl methyl sites for hydroxylation is 3. The van der Waals surface area contributed by atoms with E-state index in [-0.39, 0.29) is 6.10 Å². The van der Waals surface area contributed by atoms with Gasteiger partial charge in [-0.3, -0.25) is 9.78 Å². The van der Waals surface area contributed by atoms with Crippen molar-refractivity contribution in [2.75, 3.05) is 29.4 Å². The number of H-pyrrole nitrogens is 1. The lowest BCUT2D eigenvalue weighted by atomic mass is 9.99. The monoisotopic (exact) mass is 504 g/mol. The average Bonchev–Trinajstić information content (AvgIpc) is 3.56. The number of nitrogens with one attached hydrogen (secondary N) is 1. The fourth-order valence-corrected chi connectivity index (χ4v) is 6.15. The molecule has 0 atom stereocenters. The standard InChI is InChI=1S/C26H29ClN8O/c1-13-4-7-19-21(14(2)30-31-19)20(13)24-28-18-8-9-34(12-17(18)25(29-24)35-10-16(36)11-35)26-22(27)23(15-5-6-15)32-33(26)3/h4,7,15-16,36H,5-6,8-12H2,1-3H3,(H,30,31). The molecule has 36 heavy (non-hydrogen) atoms. The summed E-state index contributed by atoms with van der Waals surface area (Å²) in [6, 6.07) is 4.15. The SMILES string of the molecule is Cc1ccc2[nH]nc(C)c2c1-c1nc2c(c(N3CC(O)C3)n1)CN(c1c(Cl)c(C3CC3)nn1C)CC2. The molecule has 0 unspecified atom stereocenters. The van der Waals surface area contributed by atoms with E-state index in [1.165, 1.54) is 12.8 Å². The Morgan fingerprint density at radius 1 is 1.11 bits per heavy atom. The van der Waals surface area contributed by atoms with E-state index in [2.05, 4.69) is 39.1 Å². The van der Waals surface area contributed by atoms with Gasteiger partial charge in [-0.05, 0) is 38.3 Å². The number of benzene rings is 1. The van der Waals surface area contributed by atoms with Crippen LogP contribution >= 0.6 is 11.6 Å². The van der Waals surface area contributed by atoms with Crippen molar-refractivity contribution in [2.45, 2.75) is 51.7 Å². The van der Waals surface area contributed by atoms with Crippen LogP contribution in [0, 0.1) is 13.8 Å². The second kappa shape index (κ2) is 7.91. The highest BCUT2D eigenvalue weighted by atomic mass is 35.5. The zero-order chi connectivity index (χ0) is 24.7. The van der Waals surface area contributed by atoms with Crippen LogP contribution in [0.3, 0.4) is 0 Å². The number of hydrogen-bond acceptors (Lipinski definition) is 7. The minimum absolute atomic E-state index is 0.326. The topological polar surface area (TPSA) is 99.0 Å². The number of nitrogens with zero attached hydrogens (tertiary/aromatic N) is 7. The van der Waals surface area contributed by atoms with Crippen LogP contribution in [0.2, 0.25) is 5.02 Å². The zero-order valence-electron chi connectivity index (χ0n) is 20.7. The number of hydrogen-bond donors (Lipinski definition) is 2. The molecule has 10 heteroatoms. The van der Waals surface area contributed by atoms with E-state index in [1.807, 2.05) is 18.7 Å². The quantitative estimate of drug-likeness (QED) is 0.437. The summed E-state index contributed by atoms with van der Waals surface area (Å²) < 4.78 is 1.93. The van der Waals surface area contributed by atoms with Crippen LogP contribution in [0.1, 0.15) is 47.0 Å². The molecule has 1 aliphatic carbocycles. The Labute approximate surface area is 214 Å². The summed E-state index contributed by atoms with van der Waals surface area (Å²) in [5.74, 6) is 3.09. The van der Waals surface area contributed by atoms with E-state index < -0.39 is 0 Å². The molecule has 1 saturated heterocycles. The number of aliphatic hydroxyl groups is 1. The number of aromatic nitrogens is 6. The molecule has 0 spiro atoms. The van der Waals surface area contributed by atoms with Crippen molar-refractivity contribution in [3.05, 3.63) is 45.4 Å². The Morgan fingerprint density at radius 2 is 1.92 bits per heavy atom. The lowest BCUT2D eigenvalue weighted by Gasteiger charge is -2.40. The van der Waals surface area contributed by atoms with Gasteiger partial charge in [0.15, 0.2) is 5.82 Å². The molecular weight excluding hydrogens is 476 g/mol. The fourth-order valence-electron chi connectivity index (χ4n) is 5.71. The molecule has 7 rings (SSSR count). The molecule has 1 aromatic carbocycles. The maximum absolute atomic E-state index is 10.1. The molecule has 0 bridgehead atoms. The number of halogens is 1. The summed E-state index contributed by atoms with van der Waals surface area (Å²) in [7, 11) is 1.98. The molecule has 1 saturated carbocycles. The number of fused-ring (bicyclic) bond motifs is 2. The van der Waals surface area contributed by atoms with Crippen molar-refractivity contribution in [1.82, 2.24) is 29.9 Å². The maximum Gasteiger partial charge on any atom is 0.162 e. The van der Waals surface area contributed by atoms with Gasteiger partial charge in [0.2, 0.25) is 0 Å². The van der Waals surface area contributed by atoms with Crippen LogP contribution in [0.4, 0.5) is 11.6 Å². The van der Waals surface area contributed by atoms with Gasteiger partial charge in [0.25, 0.3) is 0 Å². The third-order valence-electron chi connectivity index (χ3n) is 7.79. The van der Waals surface area contributed by atoms with Gasteiger partial charge in [0, 0.05) is 62.1 Å². The van der Waals surface area contributed by atoms with Crippen molar-refractivity contribution in [3.63, 3.8) is 0 Å². The Bertz CT molecular complexity index is 1510. The van der Waals surface area contributed by atoms with Gasteiger partial charge in [-0.2, -0.15) is 10.2 Å². The highest BCUT2D eigenvalue weighted by Gasteiger charge is 2.36. The Kier molecular flexibility index (Phi) is 4.85. The third kappa shape index (κ3) is 3.33. The van der Waals surface area contributed by atoms with Gasteiger partial charge >= 0.3 is 0 Å². The number of β-amino-alcohol motifs (C(OH)–C–C–N with tert-alkyl or cyclic N) is 1. The van der Waals surface area contributed by atoms with Gasteiger partial charge in [-0.1, -0.05) is 17.7 Å². The van der Waals surface area contributed by atoms with Crippen LogP contribution in [0.15, 0.2) is 12.1 Å². The molecule has 4 aromatic rings. The molecule has 5 heterocycles. The second-order valence-corrected chi connectivity index (χ2v) is 10.8. The van der Waals surface area contributed by atoms with E-state index >= 15 is 0 Å². The van der Waals surface area contributed by atoms with Crippen LogP contribution in [0.25, 0.3) is 22.3 Å². The summed E-state index contributed by atoms with van der Waals surface area (Å²) in [5, 5.41) is 24.2. The van der Waals surface area contributed by atoms with Gasteiger partial charge in [0.05, 0.1) is 28.7 Å². The van der Waals surface area contributed by atoms with Crippen molar-refractivity contribution in [3.8, 4) is 11.4 Å². The van der Waals surface area contributed by atoms with Crippen molar-refractivity contribution >= 4 is 34.1 Å².